The van der Waals surface area contributed by atoms with Gasteiger partial charge in [0.05, 0.1) is 5.69 Å². The molecule has 2 aromatic heterocycles. The molecule has 29 heavy (non-hydrogen) atoms. The zero-order chi connectivity index (χ0) is 20.5. The van der Waals surface area contributed by atoms with Crippen LogP contribution in [0.3, 0.4) is 0 Å². The van der Waals surface area contributed by atoms with Crippen molar-refractivity contribution in [3.8, 4) is 11.3 Å². The van der Waals surface area contributed by atoms with Crippen molar-refractivity contribution in [3.05, 3.63) is 76.9 Å². The molecule has 0 saturated carbocycles. The first-order valence-corrected chi connectivity index (χ1v) is 9.97. The van der Waals surface area contributed by atoms with Crippen molar-refractivity contribution >= 4 is 33.8 Å². The molecule has 0 aliphatic heterocycles. The van der Waals surface area contributed by atoms with E-state index in [0.717, 1.165) is 21.8 Å². The summed E-state index contributed by atoms with van der Waals surface area (Å²) in [6.45, 7) is 1.96. The summed E-state index contributed by atoms with van der Waals surface area (Å²) < 4.78 is 1.82. The summed E-state index contributed by atoms with van der Waals surface area (Å²) in [5.41, 5.74) is 4.67. The molecule has 2 heterocycles. The number of benzene rings is 2. The van der Waals surface area contributed by atoms with Crippen LogP contribution >= 0.6 is 11.3 Å². The van der Waals surface area contributed by atoms with Gasteiger partial charge in [-0.1, -0.05) is 29.8 Å². The molecular weight excluding hydrogens is 384 g/mol. The Bertz CT molecular complexity index is 1210. The monoisotopic (exact) mass is 404 g/mol. The SMILES string of the molecule is Cc1cccc(C(=O)Nc2ccc(-c3cn4c(C(=O)N(C)C)csc4n3)cc2)c1. The molecule has 0 spiro atoms. The number of carbonyl (C=O) groups is 2. The predicted molar refractivity (Wildman–Crippen MR) is 116 cm³/mol. The highest BCUT2D eigenvalue weighted by Crippen LogP contribution is 2.25. The summed E-state index contributed by atoms with van der Waals surface area (Å²) in [6, 6.07) is 15.0. The predicted octanol–water partition coefficient (Wildman–Crippen LogP) is 4.33. The van der Waals surface area contributed by atoms with E-state index in [-0.39, 0.29) is 11.8 Å². The third-order valence-corrected chi connectivity index (χ3v) is 5.39. The number of amides is 2. The number of hydrogen-bond acceptors (Lipinski definition) is 4. The van der Waals surface area contributed by atoms with Gasteiger partial charge in [-0.15, -0.1) is 11.3 Å². The lowest BCUT2D eigenvalue weighted by atomic mass is 10.1. The Morgan fingerprint density at radius 3 is 2.55 bits per heavy atom. The van der Waals surface area contributed by atoms with Crippen LogP contribution in [-0.2, 0) is 0 Å². The average Bonchev–Trinajstić information content (AvgIpc) is 3.28. The summed E-state index contributed by atoms with van der Waals surface area (Å²) >= 11 is 1.43. The van der Waals surface area contributed by atoms with Crippen LogP contribution in [0.4, 0.5) is 5.69 Å². The van der Waals surface area contributed by atoms with E-state index in [0.29, 0.717) is 16.9 Å². The lowest BCUT2D eigenvalue weighted by Crippen LogP contribution is -2.22. The Morgan fingerprint density at radius 2 is 1.86 bits per heavy atom. The van der Waals surface area contributed by atoms with Crippen LogP contribution in [0.15, 0.2) is 60.1 Å². The Hall–Kier alpha value is -3.45. The molecule has 4 rings (SSSR count). The van der Waals surface area contributed by atoms with Gasteiger partial charge in [0.1, 0.15) is 5.69 Å². The number of rotatable bonds is 4. The first kappa shape index (κ1) is 18.9. The zero-order valence-electron chi connectivity index (χ0n) is 16.3. The van der Waals surface area contributed by atoms with E-state index >= 15 is 0 Å². The third kappa shape index (κ3) is 3.77. The minimum absolute atomic E-state index is 0.0607. The lowest BCUT2D eigenvalue weighted by Gasteiger charge is -2.08. The van der Waals surface area contributed by atoms with E-state index in [1.807, 2.05) is 65.4 Å². The van der Waals surface area contributed by atoms with Crippen LogP contribution in [0.1, 0.15) is 26.4 Å². The first-order valence-electron chi connectivity index (χ1n) is 9.09. The summed E-state index contributed by atoms with van der Waals surface area (Å²) in [7, 11) is 3.46. The number of anilines is 1. The second-order valence-corrected chi connectivity index (χ2v) is 7.84. The number of imidazole rings is 1. The molecule has 0 radical (unpaired) electrons. The van der Waals surface area contributed by atoms with Gasteiger partial charge >= 0.3 is 0 Å². The quantitative estimate of drug-likeness (QED) is 0.551. The van der Waals surface area contributed by atoms with Crippen molar-refractivity contribution < 1.29 is 9.59 Å². The lowest BCUT2D eigenvalue weighted by molar-refractivity contribution is 0.0821. The highest BCUT2D eigenvalue weighted by Gasteiger charge is 2.16. The van der Waals surface area contributed by atoms with Gasteiger partial charge in [-0.05, 0) is 31.2 Å². The topological polar surface area (TPSA) is 66.7 Å². The molecule has 146 valence electrons. The van der Waals surface area contributed by atoms with Gasteiger partial charge in [0.15, 0.2) is 4.96 Å². The largest absolute Gasteiger partial charge is 0.343 e. The molecule has 4 aromatic rings. The standard InChI is InChI=1S/C22H20N4O2S/c1-14-5-4-6-16(11-14)20(27)23-17-9-7-15(8-10-17)18-12-26-19(21(28)25(2)3)13-29-22(26)24-18/h4-13H,1-3H3,(H,23,27). The maximum absolute atomic E-state index is 12.4. The maximum Gasteiger partial charge on any atom is 0.271 e. The van der Waals surface area contributed by atoms with Crippen molar-refractivity contribution in [1.82, 2.24) is 14.3 Å². The van der Waals surface area contributed by atoms with Crippen LogP contribution in [-0.4, -0.2) is 40.2 Å². The minimum atomic E-state index is -0.143. The fraction of sp³-hybridized carbons (Fsp3) is 0.136. The number of thiazole rings is 1. The normalized spacial score (nSPS) is 10.9. The number of nitrogens with one attached hydrogen (secondary N) is 1. The zero-order valence-corrected chi connectivity index (χ0v) is 17.2. The molecule has 0 saturated heterocycles. The van der Waals surface area contributed by atoms with Gasteiger partial charge in [-0.25, -0.2) is 4.98 Å². The molecule has 6 nitrogen and oxygen atoms in total. The molecule has 0 aliphatic rings. The van der Waals surface area contributed by atoms with E-state index in [9.17, 15) is 9.59 Å². The average molecular weight is 404 g/mol. The van der Waals surface area contributed by atoms with E-state index < -0.39 is 0 Å². The molecule has 0 atom stereocenters. The molecule has 7 heteroatoms. The third-order valence-electron chi connectivity index (χ3n) is 4.55. The van der Waals surface area contributed by atoms with Crippen molar-refractivity contribution in [2.45, 2.75) is 6.92 Å². The van der Waals surface area contributed by atoms with Crippen LogP contribution in [0.5, 0.6) is 0 Å². The Morgan fingerprint density at radius 1 is 1.10 bits per heavy atom. The Kier molecular flexibility index (Phi) is 4.90. The number of hydrogen-bond donors (Lipinski definition) is 1. The van der Waals surface area contributed by atoms with E-state index in [1.54, 1.807) is 25.1 Å². The summed E-state index contributed by atoms with van der Waals surface area (Å²) in [6.07, 6.45) is 1.86. The highest BCUT2D eigenvalue weighted by molar-refractivity contribution is 7.15. The number of aromatic nitrogens is 2. The number of aryl methyl sites for hydroxylation is 1. The highest BCUT2D eigenvalue weighted by atomic mass is 32.1. The van der Waals surface area contributed by atoms with Crippen LogP contribution in [0, 0.1) is 6.92 Å². The molecule has 0 bridgehead atoms. The number of carbonyl (C=O) groups excluding carboxylic acids is 2. The summed E-state index contributed by atoms with van der Waals surface area (Å²) in [5, 5.41) is 4.73. The van der Waals surface area contributed by atoms with Gasteiger partial charge in [-0.3, -0.25) is 14.0 Å². The van der Waals surface area contributed by atoms with Crippen molar-refractivity contribution in [1.29, 1.82) is 0 Å². The van der Waals surface area contributed by atoms with Crippen molar-refractivity contribution in [2.75, 3.05) is 19.4 Å². The van der Waals surface area contributed by atoms with E-state index in [1.165, 1.54) is 11.3 Å². The molecule has 0 unspecified atom stereocenters. The Balaban J connectivity index is 1.55. The van der Waals surface area contributed by atoms with Crippen LogP contribution in [0.2, 0.25) is 0 Å². The fourth-order valence-electron chi connectivity index (χ4n) is 3.02. The fourth-order valence-corrected chi connectivity index (χ4v) is 3.87. The summed E-state index contributed by atoms with van der Waals surface area (Å²) in [5.74, 6) is -0.204. The van der Waals surface area contributed by atoms with Gasteiger partial charge < -0.3 is 10.2 Å². The second-order valence-electron chi connectivity index (χ2n) is 7.00. The molecule has 2 amide bonds. The first-order chi connectivity index (χ1) is 13.9. The molecule has 0 fully saturated rings. The van der Waals surface area contributed by atoms with Gasteiger partial charge in [-0.2, -0.15) is 0 Å². The van der Waals surface area contributed by atoms with Crippen molar-refractivity contribution in [3.63, 3.8) is 0 Å². The van der Waals surface area contributed by atoms with Gasteiger partial charge in [0, 0.05) is 42.5 Å². The van der Waals surface area contributed by atoms with Gasteiger partial charge in [0.2, 0.25) is 0 Å². The number of nitrogens with zero attached hydrogens (tertiary/aromatic N) is 3. The smallest absolute Gasteiger partial charge is 0.271 e. The maximum atomic E-state index is 12.4. The van der Waals surface area contributed by atoms with Crippen molar-refractivity contribution in [2.24, 2.45) is 0 Å². The molecule has 0 aliphatic carbocycles. The number of fused-ring (bicyclic) bond motifs is 1. The summed E-state index contributed by atoms with van der Waals surface area (Å²) in [4.78, 5) is 31.6. The van der Waals surface area contributed by atoms with Crippen LogP contribution < -0.4 is 5.32 Å². The van der Waals surface area contributed by atoms with Crippen LogP contribution in [0.25, 0.3) is 16.2 Å². The Labute approximate surface area is 172 Å². The van der Waals surface area contributed by atoms with E-state index in [2.05, 4.69) is 10.3 Å². The molecular formula is C22H20N4O2S. The molecule has 1 N–H and O–H groups in total. The second kappa shape index (κ2) is 7.52. The van der Waals surface area contributed by atoms with E-state index in [4.69, 9.17) is 0 Å². The van der Waals surface area contributed by atoms with Gasteiger partial charge in [0.25, 0.3) is 11.8 Å². The minimum Gasteiger partial charge on any atom is -0.343 e. The molecule has 2 aromatic carbocycles.